The molecule has 2 aliphatic rings. The normalized spacial score (nSPS) is 16.6. The van der Waals surface area contributed by atoms with Crippen molar-refractivity contribution < 1.29 is 4.79 Å². The molecular formula is C21H25N7O. The topological polar surface area (TPSA) is 88.0 Å². The van der Waals surface area contributed by atoms with Crippen LogP contribution in [0, 0.1) is 0 Å². The first kappa shape index (κ1) is 18.2. The van der Waals surface area contributed by atoms with E-state index < -0.39 is 0 Å². The third-order valence-corrected chi connectivity index (χ3v) is 5.93. The molecule has 1 aliphatic heterocycles. The smallest absolute Gasteiger partial charge is 0.239 e. The predicted molar refractivity (Wildman–Crippen MR) is 111 cm³/mol. The Labute approximate surface area is 169 Å². The molecule has 3 aromatic rings. The number of hydrogen-bond acceptors (Lipinski definition) is 6. The van der Waals surface area contributed by atoms with Gasteiger partial charge in [0.1, 0.15) is 11.6 Å². The molecule has 0 atom stereocenters. The number of hydrogen-bond donors (Lipinski definition) is 2. The molecule has 1 fully saturated rings. The van der Waals surface area contributed by atoms with Gasteiger partial charge in [-0.15, -0.1) is 0 Å². The van der Waals surface area contributed by atoms with Crippen LogP contribution in [0.2, 0.25) is 0 Å². The SMILES string of the molecule is CN(CC(=O)Nc1cc2nc(-c3cnc4n3CCNC4)ccc2cn1)C1CCC1. The van der Waals surface area contributed by atoms with Crippen molar-refractivity contribution in [3.8, 4) is 11.4 Å². The standard InChI is InChI=1S/C21H25N7O/c1-27(15-3-2-4-15)13-21(29)26-19-9-17-14(10-23-19)5-6-16(25-17)18-11-24-20-12-22-7-8-28(18)20/h5-6,9-11,15,22H,2-4,7-8,12-13H2,1H3,(H,23,26,29). The summed E-state index contributed by atoms with van der Waals surface area (Å²) in [6.45, 7) is 2.98. The summed E-state index contributed by atoms with van der Waals surface area (Å²) < 4.78 is 2.21. The lowest BCUT2D eigenvalue weighted by Gasteiger charge is -2.34. The molecule has 1 aliphatic carbocycles. The van der Waals surface area contributed by atoms with Crippen LogP contribution in [0.4, 0.5) is 5.82 Å². The number of fused-ring (bicyclic) bond motifs is 2. The average molecular weight is 391 g/mol. The van der Waals surface area contributed by atoms with Crippen LogP contribution in [-0.2, 0) is 17.9 Å². The molecule has 3 aromatic heterocycles. The molecule has 8 nitrogen and oxygen atoms in total. The van der Waals surface area contributed by atoms with E-state index in [0.29, 0.717) is 18.4 Å². The minimum absolute atomic E-state index is 0.0419. The Balaban J connectivity index is 1.36. The summed E-state index contributed by atoms with van der Waals surface area (Å²) in [5.74, 6) is 1.53. The number of aromatic nitrogens is 4. The van der Waals surface area contributed by atoms with Gasteiger partial charge < -0.3 is 15.2 Å². The number of likely N-dealkylation sites (N-methyl/N-ethyl adjacent to an activating group) is 1. The van der Waals surface area contributed by atoms with E-state index in [0.717, 1.165) is 47.7 Å². The fraction of sp³-hybridized carbons (Fsp3) is 0.429. The van der Waals surface area contributed by atoms with Gasteiger partial charge in [-0.1, -0.05) is 6.42 Å². The molecule has 150 valence electrons. The zero-order chi connectivity index (χ0) is 19.8. The fourth-order valence-electron chi connectivity index (χ4n) is 3.99. The second kappa shape index (κ2) is 7.53. The Morgan fingerprint density at radius 3 is 3.03 bits per heavy atom. The van der Waals surface area contributed by atoms with Crippen LogP contribution < -0.4 is 10.6 Å². The molecule has 0 unspecified atom stereocenters. The van der Waals surface area contributed by atoms with Gasteiger partial charge in [-0.2, -0.15) is 0 Å². The minimum atomic E-state index is -0.0419. The number of carbonyl (C=O) groups is 1. The summed E-state index contributed by atoms with van der Waals surface area (Å²) in [6, 6.07) is 6.39. The zero-order valence-electron chi connectivity index (χ0n) is 16.6. The lowest BCUT2D eigenvalue weighted by Crippen LogP contribution is -2.41. The molecule has 0 saturated heterocycles. The number of carbonyl (C=O) groups excluding carboxylic acids is 1. The quantitative estimate of drug-likeness (QED) is 0.692. The molecule has 4 heterocycles. The highest BCUT2D eigenvalue weighted by molar-refractivity contribution is 5.93. The molecule has 0 radical (unpaired) electrons. The van der Waals surface area contributed by atoms with Gasteiger partial charge in [0.2, 0.25) is 5.91 Å². The highest BCUT2D eigenvalue weighted by Gasteiger charge is 2.23. The number of nitrogens with one attached hydrogen (secondary N) is 2. The lowest BCUT2D eigenvalue weighted by atomic mass is 9.92. The molecule has 5 rings (SSSR count). The molecule has 8 heteroatoms. The van der Waals surface area contributed by atoms with Gasteiger partial charge in [0.05, 0.1) is 36.2 Å². The van der Waals surface area contributed by atoms with Gasteiger partial charge in [0, 0.05) is 36.8 Å². The third kappa shape index (κ3) is 3.61. The summed E-state index contributed by atoms with van der Waals surface area (Å²) in [5.41, 5.74) is 2.71. The molecule has 0 bridgehead atoms. The Bertz CT molecular complexity index is 1060. The van der Waals surface area contributed by atoms with Crippen molar-refractivity contribution in [2.75, 3.05) is 25.5 Å². The highest BCUT2D eigenvalue weighted by Crippen LogP contribution is 2.25. The maximum Gasteiger partial charge on any atom is 0.239 e. The number of pyridine rings is 2. The maximum atomic E-state index is 12.4. The number of nitrogens with zero attached hydrogens (tertiary/aromatic N) is 5. The Morgan fingerprint density at radius 1 is 1.31 bits per heavy atom. The predicted octanol–water partition coefficient (Wildman–Crippen LogP) is 2.02. The summed E-state index contributed by atoms with van der Waals surface area (Å²) in [5, 5.41) is 7.19. The fourth-order valence-corrected chi connectivity index (χ4v) is 3.99. The summed E-state index contributed by atoms with van der Waals surface area (Å²) >= 11 is 0. The van der Waals surface area contributed by atoms with Crippen molar-refractivity contribution in [2.24, 2.45) is 0 Å². The first-order valence-corrected chi connectivity index (χ1v) is 10.2. The minimum Gasteiger partial charge on any atom is -0.324 e. The van der Waals surface area contributed by atoms with Crippen molar-refractivity contribution in [1.82, 2.24) is 29.7 Å². The molecule has 2 N–H and O–H groups in total. The highest BCUT2D eigenvalue weighted by atomic mass is 16.2. The maximum absolute atomic E-state index is 12.4. The van der Waals surface area contributed by atoms with Gasteiger partial charge in [-0.3, -0.25) is 9.69 Å². The van der Waals surface area contributed by atoms with Crippen molar-refractivity contribution in [2.45, 2.75) is 38.4 Å². The molecule has 0 aromatic carbocycles. The van der Waals surface area contributed by atoms with Crippen molar-refractivity contribution in [3.63, 3.8) is 0 Å². The van der Waals surface area contributed by atoms with Crippen LogP contribution >= 0.6 is 0 Å². The number of rotatable bonds is 5. The summed E-state index contributed by atoms with van der Waals surface area (Å²) in [7, 11) is 2.01. The van der Waals surface area contributed by atoms with Crippen LogP contribution in [0.5, 0.6) is 0 Å². The van der Waals surface area contributed by atoms with E-state index >= 15 is 0 Å². The van der Waals surface area contributed by atoms with E-state index in [-0.39, 0.29) is 5.91 Å². The van der Waals surface area contributed by atoms with Crippen LogP contribution in [0.15, 0.2) is 30.6 Å². The van der Waals surface area contributed by atoms with Crippen molar-refractivity contribution in [1.29, 1.82) is 0 Å². The van der Waals surface area contributed by atoms with Gasteiger partial charge in [-0.25, -0.2) is 15.0 Å². The molecule has 1 saturated carbocycles. The van der Waals surface area contributed by atoms with Gasteiger partial charge in [0.15, 0.2) is 0 Å². The van der Waals surface area contributed by atoms with Gasteiger partial charge in [0.25, 0.3) is 0 Å². The summed E-state index contributed by atoms with van der Waals surface area (Å²) in [6.07, 6.45) is 7.26. The van der Waals surface area contributed by atoms with Crippen LogP contribution in [-0.4, -0.2) is 56.5 Å². The lowest BCUT2D eigenvalue weighted by molar-refractivity contribution is -0.117. The van der Waals surface area contributed by atoms with E-state index in [4.69, 9.17) is 4.98 Å². The van der Waals surface area contributed by atoms with Gasteiger partial charge in [-0.05, 0) is 32.0 Å². The van der Waals surface area contributed by atoms with Crippen molar-refractivity contribution >= 4 is 22.6 Å². The van der Waals surface area contributed by atoms with E-state index in [1.54, 1.807) is 6.20 Å². The van der Waals surface area contributed by atoms with E-state index in [2.05, 4.69) is 30.1 Å². The Morgan fingerprint density at radius 2 is 2.21 bits per heavy atom. The summed E-state index contributed by atoms with van der Waals surface area (Å²) in [4.78, 5) is 28.2. The number of anilines is 1. The molecular weight excluding hydrogens is 366 g/mol. The van der Waals surface area contributed by atoms with Crippen LogP contribution in [0.25, 0.3) is 22.3 Å². The Kier molecular flexibility index (Phi) is 4.73. The second-order valence-corrected chi connectivity index (χ2v) is 7.89. The first-order chi connectivity index (χ1) is 14.2. The monoisotopic (exact) mass is 391 g/mol. The average Bonchev–Trinajstić information content (AvgIpc) is 3.10. The third-order valence-electron chi connectivity index (χ3n) is 5.93. The second-order valence-electron chi connectivity index (χ2n) is 7.89. The van der Waals surface area contributed by atoms with E-state index in [1.165, 1.54) is 19.3 Å². The Hall–Kier alpha value is -2.84. The zero-order valence-corrected chi connectivity index (χ0v) is 16.6. The number of amides is 1. The molecule has 0 spiro atoms. The molecule has 29 heavy (non-hydrogen) atoms. The van der Waals surface area contributed by atoms with E-state index in [9.17, 15) is 4.79 Å². The van der Waals surface area contributed by atoms with Gasteiger partial charge >= 0.3 is 0 Å². The largest absolute Gasteiger partial charge is 0.324 e. The molecule has 1 amide bonds. The van der Waals surface area contributed by atoms with Crippen LogP contribution in [0.1, 0.15) is 25.1 Å². The van der Waals surface area contributed by atoms with Crippen molar-refractivity contribution in [3.05, 3.63) is 36.4 Å². The first-order valence-electron chi connectivity index (χ1n) is 10.2. The van der Waals surface area contributed by atoms with Crippen LogP contribution in [0.3, 0.4) is 0 Å². The number of imidazole rings is 1. The van der Waals surface area contributed by atoms with E-state index in [1.807, 2.05) is 31.4 Å².